The van der Waals surface area contributed by atoms with Crippen LogP contribution in [-0.4, -0.2) is 74.7 Å². The average molecular weight is 400 g/mol. The molecule has 148 valence electrons. The number of nitrogens with zero attached hydrogens (tertiary/aromatic N) is 2. The Hall–Kier alpha value is -2.68. The minimum atomic E-state index is -0.817. The van der Waals surface area contributed by atoms with Crippen molar-refractivity contribution < 1.29 is 28.6 Å². The average Bonchev–Trinajstić information content (AvgIpc) is 2.68. The lowest BCUT2D eigenvalue weighted by Crippen LogP contribution is -2.53. The summed E-state index contributed by atoms with van der Waals surface area (Å²) in [5, 5.41) is 2.83. The Kier molecular flexibility index (Phi) is 7.12. The molecule has 1 aliphatic rings. The molecule has 0 atom stereocenters. The van der Waals surface area contributed by atoms with E-state index in [9.17, 15) is 14.4 Å². The molecule has 0 unspecified atom stereocenters. The van der Waals surface area contributed by atoms with Crippen LogP contribution in [-0.2, 0) is 14.3 Å². The van der Waals surface area contributed by atoms with Crippen LogP contribution >= 0.6 is 11.6 Å². The molecule has 0 bridgehead atoms. The van der Waals surface area contributed by atoms with Crippen LogP contribution in [0.25, 0.3) is 0 Å². The number of methoxy groups -OCH3 is 2. The number of benzene rings is 1. The summed E-state index contributed by atoms with van der Waals surface area (Å²) in [5.74, 6) is -0.880. The van der Waals surface area contributed by atoms with Gasteiger partial charge in [-0.1, -0.05) is 11.6 Å². The van der Waals surface area contributed by atoms with Crippen LogP contribution in [0.2, 0.25) is 5.02 Å². The van der Waals surface area contributed by atoms with Crippen LogP contribution < -0.4 is 14.8 Å². The van der Waals surface area contributed by atoms with Crippen LogP contribution in [0.15, 0.2) is 12.1 Å². The van der Waals surface area contributed by atoms with Crippen molar-refractivity contribution in [3.8, 4) is 11.5 Å². The van der Waals surface area contributed by atoms with E-state index < -0.39 is 17.9 Å². The normalized spacial score (nSPS) is 13.8. The van der Waals surface area contributed by atoms with Gasteiger partial charge in [0.25, 0.3) is 0 Å². The first kappa shape index (κ1) is 20.6. The van der Waals surface area contributed by atoms with E-state index >= 15 is 0 Å². The molecule has 0 spiro atoms. The summed E-state index contributed by atoms with van der Waals surface area (Å²) < 4.78 is 15.2. The first-order valence-corrected chi connectivity index (χ1v) is 8.72. The first-order valence-electron chi connectivity index (χ1n) is 8.34. The van der Waals surface area contributed by atoms with Crippen molar-refractivity contribution >= 4 is 35.2 Å². The summed E-state index contributed by atoms with van der Waals surface area (Å²) in [7, 11) is 2.86. The molecular weight excluding hydrogens is 378 g/mol. The van der Waals surface area contributed by atoms with Gasteiger partial charge in [0, 0.05) is 38.3 Å². The van der Waals surface area contributed by atoms with Gasteiger partial charge >= 0.3 is 17.9 Å². The maximum absolute atomic E-state index is 12.4. The largest absolute Gasteiger partial charge is 0.495 e. The van der Waals surface area contributed by atoms with Gasteiger partial charge in [0.1, 0.15) is 11.5 Å². The first-order chi connectivity index (χ1) is 12.9. The van der Waals surface area contributed by atoms with E-state index in [1.807, 2.05) is 0 Å². The standard InChI is InChI=1S/C17H22ClN3O6/c1-4-27-17(24)21-7-5-20(6-8-21)16(23)15(22)19-12-10-13(25-2)11(18)9-14(12)26-3/h9-10H,4-8H2,1-3H3,(H,19,22). The lowest BCUT2D eigenvalue weighted by Gasteiger charge is -2.33. The molecule has 0 radical (unpaired) electrons. The molecular formula is C17H22ClN3O6. The quantitative estimate of drug-likeness (QED) is 0.772. The van der Waals surface area contributed by atoms with Crippen molar-refractivity contribution in [2.75, 3.05) is 52.3 Å². The van der Waals surface area contributed by atoms with E-state index in [-0.39, 0.29) is 25.4 Å². The molecule has 1 aromatic rings. The molecule has 1 fully saturated rings. The highest BCUT2D eigenvalue weighted by molar-refractivity contribution is 6.40. The third-order valence-corrected chi connectivity index (χ3v) is 4.30. The zero-order chi connectivity index (χ0) is 20.0. The fourth-order valence-corrected chi connectivity index (χ4v) is 2.82. The fraction of sp³-hybridized carbons (Fsp3) is 0.471. The van der Waals surface area contributed by atoms with Gasteiger partial charge in [-0.3, -0.25) is 9.59 Å². The van der Waals surface area contributed by atoms with Crippen molar-refractivity contribution in [1.29, 1.82) is 0 Å². The summed E-state index contributed by atoms with van der Waals surface area (Å²) in [6.45, 7) is 3.10. The number of halogens is 1. The van der Waals surface area contributed by atoms with Gasteiger partial charge in [0.15, 0.2) is 0 Å². The summed E-state index contributed by atoms with van der Waals surface area (Å²) >= 11 is 6.03. The number of nitrogens with one attached hydrogen (secondary N) is 1. The minimum Gasteiger partial charge on any atom is -0.495 e. The number of hydrogen-bond acceptors (Lipinski definition) is 6. The Balaban J connectivity index is 2.01. The monoisotopic (exact) mass is 399 g/mol. The highest BCUT2D eigenvalue weighted by Crippen LogP contribution is 2.35. The molecule has 1 N–H and O–H groups in total. The highest BCUT2D eigenvalue weighted by Gasteiger charge is 2.29. The predicted octanol–water partition coefficient (Wildman–Crippen LogP) is 1.60. The zero-order valence-corrected chi connectivity index (χ0v) is 16.2. The number of rotatable bonds is 4. The van der Waals surface area contributed by atoms with Crippen LogP contribution in [0.3, 0.4) is 0 Å². The number of ether oxygens (including phenoxy) is 3. The molecule has 1 aromatic carbocycles. The van der Waals surface area contributed by atoms with Crippen LogP contribution in [0.4, 0.5) is 10.5 Å². The second-order valence-electron chi connectivity index (χ2n) is 5.62. The molecule has 10 heteroatoms. The molecule has 0 aliphatic carbocycles. The second kappa shape index (κ2) is 9.31. The van der Waals surface area contributed by atoms with E-state index in [4.69, 9.17) is 25.8 Å². The molecule has 1 heterocycles. The van der Waals surface area contributed by atoms with Crippen molar-refractivity contribution in [3.63, 3.8) is 0 Å². The number of hydrogen-bond donors (Lipinski definition) is 1. The van der Waals surface area contributed by atoms with Gasteiger partial charge in [-0.25, -0.2) is 4.79 Å². The Morgan fingerprint density at radius 1 is 1.04 bits per heavy atom. The molecule has 1 saturated heterocycles. The summed E-state index contributed by atoms with van der Waals surface area (Å²) in [4.78, 5) is 39.3. The fourth-order valence-electron chi connectivity index (χ4n) is 2.58. The van der Waals surface area contributed by atoms with Gasteiger partial charge in [0.2, 0.25) is 0 Å². The van der Waals surface area contributed by atoms with Crippen molar-refractivity contribution in [2.45, 2.75) is 6.92 Å². The number of piperazine rings is 1. The number of carbonyl (C=O) groups excluding carboxylic acids is 3. The van der Waals surface area contributed by atoms with Gasteiger partial charge in [-0.15, -0.1) is 0 Å². The van der Waals surface area contributed by atoms with E-state index in [2.05, 4.69) is 5.32 Å². The Morgan fingerprint density at radius 2 is 1.63 bits per heavy atom. The maximum Gasteiger partial charge on any atom is 0.409 e. The smallest absolute Gasteiger partial charge is 0.409 e. The maximum atomic E-state index is 12.4. The third-order valence-electron chi connectivity index (χ3n) is 4.01. The molecule has 3 amide bonds. The summed E-state index contributed by atoms with van der Waals surface area (Å²) in [6, 6.07) is 2.96. The SMILES string of the molecule is CCOC(=O)N1CCN(C(=O)C(=O)Nc2cc(OC)c(Cl)cc2OC)CC1. The molecule has 27 heavy (non-hydrogen) atoms. The predicted molar refractivity (Wildman–Crippen MR) is 98.4 cm³/mol. The minimum absolute atomic E-state index is 0.242. The lowest BCUT2D eigenvalue weighted by atomic mass is 10.2. The van der Waals surface area contributed by atoms with Crippen molar-refractivity contribution in [1.82, 2.24) is 9.80 Å². The topological polar surface area (TPSA) is 97.4 Å². The van der Waals surface area contributed by atoms with E-state index in [0.717, 1.165) is 0 Å². The van der Waals surface area contributed by atoms with Crippen molar-refractivity contribution in [3.05, 3.63) is 17.2 Å². The molecule has 1 aliphatic heterocycles. The van der Waals surface area contributed by atoms with Crippen LogP contribution in [0, 0.1) is 0 Å². The number of carbonyl (C=O) groups is 3. The second-order valence-corrected chi connectivity index (χ2v) is 6.03. The Bertz CT molecular complexity index is 719. The number of anilines is 1. The number of amides is 3. The highest BCUT2D eigenvalue weighted by atomic mass is 35.5. The van der Waals surface area contributed by atoms with Gasteiger partial charge < -0.3 is 29.3 Å². The van der Waals surface area contributed by atoms with Crippen molar-refractivity contribution in [2.24, 2.45) is 0 Å². The van der Waals surface area contributed by atoms with Crippen LogP contribution in [0.1, 0.15) is 6.92 Å². The molecule has 9 nitrogen and oxygen atoms in total. The molecule has 0 aromatic heterocycles. The summed E-state index contributed by atoms with van der Waals surface area (Å²) in [5.41, 5.74) is 0.266. The third kappa shape index (κ3) is 4.94. The summed E-state index contributed by atoms with van der Waals surface area (Å²) in [6.07, 6.45) is -0.424. The zero-order valence-electron chi connectivity index (χ0n) is 15.4. The van der Waals surface area contributed by atoms with E-state index in [1.54, 1.807) is 6.92 Å². The van der Waals surface area contributed by atoms with E-state index in [0.29, 0.717) is 29.6 Å². The van der Waals surface area contributed by atoms with E-state index in [1.165, 1.54) is 36.2 Å². The van der Waals surface area contributed by atoms with Gasteiger partial charge in [0.05, 0.1) is 31.5 Å². The molecule has 2 rings (SSSR count). The van der Waals surface area contributed by atoms with Gasteiger partial charge in [-0.05, 0) is 6.92 Å². The van der Waals surface area contributed by atoms with Crippen LogP contribution in [0.5, 0.6) is 11.5 Å². The lowest BCUT2D eigenvalue weighted by molar-refractivity contribution is -0.144. The Labute approximate surface area is 162 Å². The van der Waals surface area contributed by atoms with Gasteiger partial charge in [-0.2, -0.15) is 0 Å². The Morgan fingerprint density at radius 3 is 2.19 bits per heavy atom. The molecule has 0 saturated carbocycles.